The van der Waals surface area contributed by atoms with E-state index in [2.05, 4.69) is 25.2 Å². The molecule has 1 spiro atoms. The quantitative estimate of drug-likeness (QED) is 0.148. The first kappa shape index (κ1) is 45.6. The molecule has 1 aromatic heterocycles. The second-order valence-electron chi connectivity index (χ2n) is 17.8. The number of hydrogen-bond donors (Lipinski definition) is 3. The molecule has 8 rings (SSSR count). The number of halogens is 2. The number of carbonyl (C=O) groups excluding carboxylic acids is 3. The summed E-state index contributed by atoms with van der Waals surface area (Å²) in [6, 6.07) is 11.4. The average Bonchev–Trinajstić information content (AvgIpc) is 3.69. The summed E-state index contributed by atoms with van der Waals surface area (Å²) in [5, 5.41) is 15.6. The molecule has 65 heavy (non-hydrogen) atoms. The summed E-state index contributed by atoms with van der Waals surface area (Å²) in [5.74, 6) is -2.24. The van der Waals surface area contributed by atoms with Gasteiger partial charge in [-0.1, -0.05) is 13.0 Å². The van der Waals surface area contributed by atoms with Gasteiger partial charge in [0.2, 0.25) is 17.7 Å². The Balaban J connectivity index is 0.862. The SMILES string of the molecule is CCN(C)S(=O)(=O)Nc1ccc(F)c(Oc2ccc3ncn(C4CCC5(CCN(C(=O)CN6CCC(c7ccc(NC8CCC(=O)NC8=O)cc7F)CC6)CC5)C4)c(=O)c3c2C)c1C#N. The number of amides is 3. The van der Waals surface area contributed by atoms with Crippen LogP contribution in [-0.4, -0.2) is 102 Å². The lowest BCUT2D eigenvalue weighted by Crippen LogP contribution is -2.47. The van der Waals surface area contributed by atoms with Crippen LogP contribution in [0, 0.1) is 35.3 Å². The highest BCUT2D eigenvalue weighted by Gasteiger charge is 2.43. The molecule has 2 atom stereocenters. The Morgan fingerprint density at radius 2 is 1.77 bits per heavy atom. The van der Waals surface area contributed by atoms with Crippen molar-refractivity contribution in [1.82, 2.24) is 29.0 Å². The number of ether oxygens (including phenoxy) is 1. The summed E-state index contributed by atoms with van der Waals surface area (Å²) in [7, 11) is -2.67. The molecule has 4 aliphatic rings. The molecule has 3 aromatic carbocycles. The summed E-state index contributed by atoms with van der Waals surface area (Å²) in [6.07, 6.45) is 7.61. The molecule has 19 heteroatoms. The Labute approximate surface area is 376 Å². The number of aromatic nitrogens is 2. The number of carbonyl (C=O) groups is 3. The fourth-order valence-electron chi connectivity index (χ4n) is 9.85. The summed E-state index contributed by atoms with van der Waals surface area (Å²) in [4.78, 5) is 60.0. The van der Waals surface area contributed by atoms with Crippen LogP contribution < -0.4 is 25.7 Å². The van der Waals surface area contributed by atoms with Crippen LogP contribution in [0.5, 0.6) is 11.5 Å². The number of likely N-dealkylation sites (tertiary alicyclic amines) is 2. The van der Waals surface area contributed by atoms with Gasteiger partial charge >= 0.3 is 10.2 Å². The Hall–Kier alpha value is -5.97. The predicted octanol–water partition coefficient (Wildman–Crippen LogP) is 5.69. The van der Waals surface area contributed by atoms with E-state index in [1.165, 1.54) is 19.2 Å². The molecule has 3 amide bonds. The molecule has 4 fully saturated rings. The lowest BCUT2D eigenvalue weighted by atomic mass is 9.77. The maximum atomic E-state index is 15.3. The zero-order valence-electron chi connectivity index (χ0n) is 36.7. The van der Waals surface area contributed by atoms with E-state index in [1.54, 1.807) is 42.9 Å². The van der Waals surface area contributed by atoms with Crippen LogP contribution in [0.25, 0.3) is 10.9 Å². The van der Waals surface area contributed by atoms with Gasteiger partial charge in [-0.15, -0.1) is 0 Å². The highest BCUT2D eigenvalue weighted by atomic mass is 32.2. The van der Waals surface area contributed by atoms with Crippen LogP contribution in [0.1, 0.15) is 93.4 Å². The van der Waals surface area contributed by atoms with Gasteiger partial charge < -0.3 is 15.0 Å². The molecule has 4 aromatic rings. The number of hydrogen-bond acceptors (Lipinski definition) is 11. The maximum absolute atomic E-state index is 15.3. The Bertz CT molecular complexity index is 2750. The molecular formula is C46H53F2N9O7S. The molecule has 0 radical (unpaired) electrons. The average molecular weight is 914 g/mol. The van der Waals surface area contributed by atoms with E-state index in [9.17, 15) is 32.9 Å². The minimum atomic E-state index is -4.03. The molecule has 1 aliphatic carbocycles. The zero-order valence-corrected chi connectivity index (χ0v) is 37.5. The first-order valence-electron chi connectivity index (χ1n) is 22.1. The van der Waals surface area contributed by atoms with Crippen molar-refractivity contribution in [3.05, 3.63) is 87.5 Å². The van der Waals surface area contributed by atoms with Crippen molar-refractivity contribution in [2.24, 2.45) is 5.41 Å². The fraction of sp³-hybridized carbons (Fsp3) is 0.478. The van der Waals surface area contributed by atoms with E-state index < -0.39 is 33.7 Å². The van der Waals surface area contributed by atoms with Crippen molar-refractivity contribution in [2.45, 2.75) is 89.6 Å². The first-order chi connectivity index (χ1) is 31.1. The predicted molar refractivity (Wildman–Crippen MR) is 239 cm³/mol. The number of piperidine rings is 3. The van der Waals surface area contributed by atoms with Crippen LogP contribution >= 0.6 is 0 Å². The number of nitrogens with zero attached hydrogens (tertiary/aromatic N) is 6. The second-order valence-corrected chi connectivity index (χ2v) is 19.6. The minimum Gasteiger partial charge on any atom is -0.452 e. The molecule has 344 valence electrons. The molecule has 3 saturated heterocycles. The molecule has 2 unspecified atom stereocenters. The largest absolute Gasteiger partial charge is 0.452 e. The second kappa shape index (κ2) is 18.5. The molecular weight excluding hydrogens is 861 g/mol. The van der Waals surface area contributed by atoms with E-state index >= 15 is 8.78 Å². The lowest BCUT2D eigenvalue weighted by Gasteiger charge is -2.40. The van der Waals surface area contributed by atoms with E-state index in [4.69, 9.17) is 4.74 Å². The summed E-state index contributed by atoms with van der Waals surface area (Å²) >= 11 is 0. The number of nitrogens with one attached hydrogen (secondary N) is 3. The molecule has 1 saturated carbocycles. The summed E-state index contributed by atoms with van der Waals surface area (Å²) in [5.41, 5.74) is 1.10. The number of rotatable bonds is 12. The van der Waals surface area contributed by atoms with Gasteiger partial charge in [0.1, 0.15) is 29.2 Å². The van der Waals surface area contributed by atoms with E-state index in [0.29, 0.717) is 74.3 Å². The van der Waals surface area contributed by atoms with E-state index in [0.717, 1.165) is 48.5 Å². The van der Waals surface area contributed by atoms with Crippen LogP contribution in [-0.2, 0) is 24.6 Å². The van der Waals surface area contributed by atoms with Crippen LogP contribution in [0.4, 0.5) is 20.2 Å². The van der Waals surface area contributed by atoms with Crippen molar-refractivity contribution in [2.75, 3.05) is 56.4 Å². The van der Waals surface area contributed by atoms with E-state index in [-0.39, 0.29) is 75.9 Å². The van der Waals surface area contributed by atoms with Gasteiger partial charge in [-0.2, -0.15) is 18.0 Å². The fourth-order valence-corrected chi connectivity index (χ4v) is 10.8. The number of imide groups is 1. The normalized spacial score (nSPS) is 20.5. The Morgan fingerprint density at radius 1 is 1.02 bits per heavy atom. The number of nitriles is 1. The first-order valence-corrected chi connectivity index (χ1v) is 23.6. The molecule has 16 nitrogen and oxygen atoms in total. The van der Waals surface area contributed by atoms with Gasteiger partial charge in [0.25, 0.3) is 5.56 Å². The minimum absolute atomic E-state index is 0.0105. The van der Waals surface area contributed by atoms with Gasteiger partial charge in [-0.3, -0.25) is 38.7 Å². The smallest absolute Gasteiger partial charge is 0.301 e. The molecule has 3 aliphatic heterocycles. The highest BCUT2D eigenvalue weighted by molar-refractivity contribution is 7.90. The molecule has 3 N–H and O–H groups in total. The topological polar surface area (TPSA) is 199 Å². The van der Waals surface area contributed by atoms with Gasteiger partial charge in [0.15, 0.2) is 11.6 Å². The van der Waals surface area contributed by atoms with Crippen molar-refractivity contribution < 1.29 is 36.3 Å². The summed E-state index contributed by atoms with van der Waals surface area (Å²) < 4.78 is 67.0. The van der Waals surface area contributed by atoms with Gasteiger partial charge in [0.05, 0.1) is 29.5 Å². The third kappa shape index (κ3) is 9.42. The van der Waals surface area contributed by atoms with Gasteiger partial charge in [-0.25, -0.2) is 13.8 Å². The third-order valence-corrected chi connectivity index (χ3v) is 15.5. The third-order valence-electron chi connectivity index (χ3n) is 13.9. The van der Waals surface area contributed by atoms with Crippen LogP contribution in [0.2, 0.25) is 0 Å². The highest BCUT2D eigenvalue weighted by Crippen LogP contribution is 2.50. The van der Waals surface area contributed by atoms with Crippen molar-refractivity contribution in [3.63, 3.8) is 0 Å². The van der Waals surface area contributed by atoms with Crippen molar-refractivity contribution in [1.29, 1.82) is 5.26 Å². The van der Waals surface area contributed by atoms with Gasteiger partial charge in [0, 0.05) is 50.4 Å². The monoisotopic (exact) mass is 913 g/mol. The van der Waals surface area contributed by atoms with Crippen molar-refractivity contribution >= 4 is 50.2 Å². The Kier molecular flexibility index (Phi) is 13.0. The van der Waals surface area contributed by atoms with E-state index in [1.807, 2.05) is 11.0 Å². The number of benzene rings is 3. The van der Waals surface area contributed by atoms with Crippen LogP contribution in [0.3, 0.4) is 0 Å². The number of anilines is 2. The van der Waals surface area contributed by atoms with Crippen molar-refractivity contribution in [3.8, 4) is 17.6 Å². The standard InChI is InChI=1S/C46H53F2N9O7S/c1-4-54(3)65(62,63)53-36-8-7-34(47)43(33(36)25-49)64-39-11-9-37-42(28(39)2)45(61)57(27-50-37)31-13-16-46(24-31)17-21-56(22-18-46)41(59)26-55-19-14-29(15-20-55)32-6-5-30(23-35(32)48)51-38-10-12-40(58)52-44(38)60/h5-9,11,23,27,29,31,38,51,53H,4,10,12-22,24,26H2,1-3H3,(H,52,58,60). The number of aryl methyl sites for hydroxylation is 1. The van der Waals surface area contributed by atoms with Gasteiger partial charge in [-0.05, 0) is 125 Å². The number of fused-ring (bicyclic) bond motifs is 1. The molecule has 0 bridgehead atoms. The lowest BCUT2D eigenvalue weighted by molar-refractivity contribution is -0.135. The maximum Gasteiger partial charge on any atom is 0.301 e. The zero-order chi connectivity index (χ0) is 46.2. The summed E-state index contributed by atoms with van der Waals surface area (Å²) in [6.45, 7) is 6.34. The van der Waals surface area contributed by atoms with Crippen LogP contribution in [0.15, 0.2) is 53.6 Å². The Morgan fingerprint density at radius 3 is 2.46 bits per heavy atom. The molecule has 4 heterocycles.